The minimum atomic E-state index is -0.0217. The predicted octanol–water partition coefficient (Wildman–Crippen LogP) is 3.88. The van der Waals surface area contributed by atoms with E-state index in [9.17, 15) is 5.11 Å². The molecule has 128 valence electrons. The lowest BCUT2D eigenvalue weighted by Gasteiger charge is -2.06. The smallest absolute Gasteiger partial charge is 0.259 e. The Morgan fingerprint density at radius 2 is 1.69 bits per heavy atom. The number of aliphatic hydroxyl groups is 1. The summed E-state index contributed by atoms with van der Waals surface area (Å²) < 4.78 is 5.37. The summed E-state index contributed by atoms with van der Waals surface area (Å²) in [6, 6.07) is 21.5. The number of hydrogen-bond acceptors (Lipinski definition) is 5. The molecule has 0 saturated heterocycles. The summed E-state index contributed by atoms with van der Waals surface area (Å²) >= 11 is 0. The molecule has 0 spiro atoms. The largest absolute Gasteiger partial charge is 0.392 e. The number of rotatable bonds is 5. The van der Waals surface area contributed by atoms with Crippen molar-refractivity contribution >= 4 is 0 Å². The maximum atomic E-state index is 9.48. The Morgan fingerprint density at radius 1 is 0.885 bits per heavy atom. The lowest BCUT2D eigenvalue weighted by molar-refractivity contribution is 0.282. The fraction of sp³-hybridized carbons (Fsp3) is 0.0952. The molecule has 0 aliphatic heterocycles. The van der Waals surface area contributed by atoms with Gasteiger partial charge in [0.2, 0.25) is 0 Å². The Labute approximate surface area is 151 Å². The second kappa shape index (κ2) is 7.29. The Kier molecular flexibility index (Phi) is 4.53. The molecule has 0 atom stereocenters. The predicted molar refractivity (Wildman–Crippen MR) is 98.1 cm³/mol. The van der Waals surface area contributed by atoms with Crippen LogP contribution in [-0.2, 0) is 13.0 Å². The van der Waals surface area contributed by atoms with Crippen molar-refractivity contribution in [2.75, 3.05) is 0 Å². The van der Waals surface area contributed by atoms with Crippen molar-refractivity contribution in [2.24, 2.45) is 0 Å². The van der Waals surface area contributed by atoms with E-state index in [1.54, 1.807) is 6.20 Å². The standard InChI is InChI=1S/C21H17N3O2/c25-14-17-8-4-5-9-18(17)19-11-10-16(13-22-19)21-23-20(24-26-21)12-15-6-2-1-3-7-15/h1-11,13,25H,12,14H2. The third-order valence-electron chi connectivity index (χ3n) is 4.15. The van der Waals surface area contributed by atoms with Crippen molar-refractivity contribution in [3.8, 4) is 22.7 Å². The van der Waals surface area contributed by atoms with Crippen LogP contribution in [0.5, 0.6) is 0 Å². The van der Waals surface area contributed by atoms with Crippen LogP contribution in [-0.4, -0.2) is 20.2 Å². The first-order chi connectivity index (χ1) is 12.8. The summed E-state index contributed by atoms with van der Waals surface area (Å²) in [5.74, 6) is 1.09. The van der Waals surface area contributed by atoms with E-state index in [2.05, 4.69) is 15.1 Å². The van der Waals surface area contributed by atoms with Crippen molar-refractivity contribution in [3.63, 3.8) is 0 Å². The molecule has 4 aromatic rings. The van der Waals surface area contributed by atoms with Gasteiger partial charge >= 0.3 is 0 Å². The molecule has 2 aromatic carbocycles. The summed E-state index contributed by atoms with van der Waals surface area (Å²) in [5.41, 5.74) is 4.45. The van der Waals surface area contributed by atoms with Gasteiger partial charge in [-0.1, -0.05) is 59.8 Å². The monoisotopic (exact) mass is 343 g/mol. The molecular formula is C21H17N3O2. The molecule has 0 radical (unpaired) electrons. The van der Waals surface area contributed by atoms with Crippen LogP contribution in [0.4, 0.5) is 0 Å². The second-order valence-corrected chi connectivity index (χ2v) is 5.93. The van der Waals surface area contributed by atoms with E-state index < -0.39 is 0 Å². The first kappa shape index (κ1) is 16.2. The number of benzene rings is 2. The van der Waals surface area contributed by atoms with Gasteiger partial charge in [-0.05, 0) is 23.3 Å². The van der Waals surface area contributed by atoms with E-state index in [4.69, 9.17) is 4.52 Å². The summed E-state index contributed by atoms with van der Waals surface area (Å²) in [7, 11) is 0. The van der Waals surface area contributed by atoms with Crippen LogP contribution < -0.4 is 0 Å². The van der Waals surface area contributed by atoms with E-state index in [1.165, 1.54) is 0 Å². The zero-order valence-corrected chi connectivity index (χ0v) is 14.0. The molecule has 2 aromatic heterocycles. The van der Waals surface area contributed by atoms with Gasteiger partial charge in [0.25, 0.3) is 5.89 Å². The summed E-state index contributed by atoms with van der Waals surface area (Å²) in [6.45, 7) is -0.0217. The van der Waals surface area contributed by atoms with Crippen molar-refractivity contribution in [2.45, 2.75) is 13.0 Å². The van der Waals surface area contributed by atoms with Gasteiger partial charge in [-0.2, -0.15) is 4.98 Å². The molecule has 0 aliphatic rings. The molecule has 0 saturated carbocycles. The summed E-state index contributed by atoms with van der Waals surface area (Å²) in [6.07, 6.45) is 2.34. The molecule has 0 amide bonds. The lowest BCUT2D eigenvalue weighted by Crippen LogP contribution is -1.92. The van der Waals surface area contributed by atoms with Crippen LogP contribution in [0, 0.1) is 0 Å². The summed E-state index contributed by atoms with van der Waals surface area (Å²) in [4.78, 5) is 8.94. The normalized spacial score (nSPS) is 10.8. The highest BCUT2D eigenvalue weighted by atomic mass is 16.5. The Morgan fingerprint density at radius 3 is 2.46 bits per heavy atom. The van der Waals surface area contributed by atoms with Gasteiger partial charge in [0, 0.05) is 18.2 Å². The third kappa shape index (κ3) is 3.38. The average molecular weight is 343 g/mol. The minimum Gasteiger partial charge on any atom is -0.392 e. The molecule has 2 heterocycles. The van der Waals surface area contributed by atoms with E-state index in [0.717, 1.165) is 27.9 Å². The molecule has 0 aliphatic carbocycles. The summed E-state index contributed by atoms with van der Waals surface area (Å²) in [5, 5.41) is 13.5. The molecule has 5 heteroatoms. The van der Waals surface area contributed by atoms with Crippen molar-refractivity contribution in [1.29, 1.82) is 0 Å². The first-order valence-electron chi connectivity index (χ1n) is 8.35. The van der Waals surface area contributed by atoms with E-state index >= 15 is 0 Å². The molecule has 4 rings (SSSR count). The Bertz CT molecular complexity index is 995. The highest BCUT2D eigenvalue weighted by molar-refractivity contribution is 5.65. The van der Waals surface area contributed by atoms with Gasteiger partial charge < -0.3 is 9.63 Å². The first-order valence-corrected chi connectivity index (χ1v) is 8.35. The molecule has 0 fully saturated rings. The van der Waals surface area contributed by atoms with Crippen LogP contribution >= 0.6 is 0 Å². The van der Waals surface area contributed by atoms with Gasteiger partial charge in [-0.3, -0.25) is 4.98 Å². The highest BCUT2D eigenvalue weighted by Crippen LogP contribution is 2.24. The highest BCUT2D eigenvalue weighted by Gasteiger charge is 2.11. The fourth-order valence-electron chi connectivity index (χ4n) is 2.81. The number of nitrogens with zero attached hydrogens (tertiary/aromatic N) is 3. The van der Waals surface area contributed by atoms with Crippen molar-refractivity contribution < 1.29 is 9.63 Å². The van der Waals surface area contributed by atoms with Crippen molar-refractivity contribution in [1.82, 2.24) is 15.1 Å². The maximum Gasteiger partial charge on any atom is 0.259 e. The SMILES string of the molecule is OCc1ccccc1-c1ccc(-c2nc(Cc3ccccc3)no2)cn1. The Balaban J connectivity index is 1.56. The third-order valence-corrected chi connectivity index (χ3v) is 4.15. The second-order valence-electron chi connectivity index (χ2n) is 5.93. The van der Waals surface area contributed by atoms with Gasteiger partial charge in [0.15, 0.2) is 5.82 Å². The van der Waals surface area contributed by atoms with Crippen LogP contribution in [0.3, 0.4) is 0 Å². The van der Waals surface area contributed by atoms with Crippen molar-refractivity contribution in [3.05, 3.63) is 89.9 Å². The van der Waals surface area contributed by atoms with Crippen LogP contribution in [0.25, 0.3) is 22.7 Å². The number of pyridine rings is 1. The van der Waals surface area contributed by atoms with Gasteiger partial charge in [-0.25, -0.2) is 0 Å². The van der Waals surface area contributed by atoms with Crippen LogP contribution in [0.15, 0.2) is 77.4 Å². The molecule has 5 nitrogen and oxygen atoms in total. The van der Waals surface area contributed by atoms with Crippen LogP contribution in [0.1, 0.15) is 17.0 Å². The number of hydrogen-bond donors (Lipinski definition) is 1. The van der Waals surface area contributed by atoms with E-state index in [-0.39, 0.29) is 6.61 Å². The lowest BCUT2D eigenvalue weighted by atomic mass is 10.0. The van der Waals surface area contributed by atoms with E-state index in [1.807, 2.05) is 66.7 Å². The molecule has 0 bridgehead atoms. The van der Waals surface area contributed by atoms with Crippen LogP contribution in [0.2, 0.25) is 0 Å². The van der Waals surface area contributed by atoms with Gasteiger partial charge in [0.1, 0.15) is 0 Å². The minimum absolute atomic E-state index is 0.0217. The fourth-order valence-corrected chi connectivity index (χ4v) is 2.81. The Hall–Kier alpha value is -3.31. The topological polar surface area (TPSA) is 72.0 Å². The molecular weight excluding hydrogens is 326 g/mol. The molecule has 0 unspecified atom stereocenters. The zero-order chi connectivity index (χ0) is 17.8. The maximum absolute atomic E-state index is 9.48. The van der Waals surface area contributed by atoms with Gasteiger partial charge in [0.05, 0.1) is 17.9 Å². The quantitative estimate of drug-likeness (QED) is 0.595. The zero-order valence-electron chi connectivity index (χ0n) is 14.0. The molecule has 26 heavy (non-hydrogen) atoms. The number of aliphatic hydroxyl groups excluding tert-OH is 1. The average Bonchev–Trinajstić information content (AvgIpc) is 3.17. The molecule has 1 N–H and O–H groups in total. The van der Waals surface area contributed by atoms with E-state index in [0.29, 0.717) is 18.1 Å². The number of aromatic nitrogens is 3. The van der Waals surface area contributed by atoms with Gasteiger partial charge in [-0.15, -0.1) is 0 Å².